The number of halogens is 1. The minimum Gasteiger partial charge on any atom is -0.396 e. The lowest BCUT2D eigenvalue weighted by Crippen LogP contribution is -2.25. The van der Waals surface area contributed by atoms with Crippen LogP contribution in [0.3, 0.4) is 0 Å². The second kappa shape index (κ2) is 6.50. The summed E-state index contributed by atoms with van der Waals surface area (Å²) >= 11 is 1.26. The van der Waals surface area contributed by atoms with Crippen LogP contribution in [0.15, 0.2) is 23.1 Å². The number of carbonyl (C=O) groups is 1. The van der Waals surface area contributed by atoms with Crippen LogP contribution in [0, 0.1) is 5.82 Å². The van der Waals surface area contributed by atoms with Gasteiger partial charge in [0.05, 0.1) is 0 Å². The summed E-state index contributed by atoms with van der Waals surface area (Å²) in [6, 6.07) is 4.25. The average Bonchev–Trinajstić information content (AvgIpc) is 2.30. The fraction of sp³-hybridized carbons (Fsp3) is 0.364. The Bertz CT molecular complexity index is 371. The topological polar surface area (TPSA) is 49.3 Å². The van der Waals surface area contributed by atoms with Crippen molar-refractivity contribution < 1.29 is 14.3 Å². The summed E-state index contributed by atoms with van der Waals surface area (Å²) in [6.07, 6.45) is 2.27. The van der Waals surface area contributed by atoms with Crippen LogP contribution in [0.1, 0.15) is 16.8 Å². The molecule has 3 nitrogen and oxygen atoms in total. The molecule has 1 aromatic carbocycles. The fourth-order valence-electron chi connectivity index (χ4n) is 1.18. The Labute approximate surface area is 98.1 Å². The number of benzene rings is 1. The molecule has 0 aromatic heterocycles. The first-order valence-corrected chi connectivity index (χ1v) is 6.14. The molecule has 0 unspecified atom stereocenters. The average molecular weight is 243 g/mol. The predicted molar refractivity (Wildman–Crippen MR) is 62.2 cm³/mol. The predicted octanol–water partition coefficient (Wildman–Crippen LogP) is 1.66. The molecule has 16 heavy (non-hydrogen) atoms. The van der Waals surface area contributed by atoms with E-state index in [9.17, 15) is 9.18 Å². The molecule has 1 rings (SSSR count). The van der Waals surface area contributed by atoms with E-state index in [2.05, 4.69) is 5.32 Å². The summed E-state index contributed by atoms with van der Waals surface area (Å²) < 4.78 is 13.2. The van der Waals surface area contributed by atoms with Gasteiger partial charge in [0.2, 0.25) is 0 Å². The number of amides is 1. The molecule has 1 aromatic rings. The Morgan fingerprint density at radius 1 is 1.56 bits per heavy atom. The molecule has 1 amide bonds. The molecule has 0 saturated carbocycles. The third-order valence-corrected chi connectivity index (χ3v) is 2.79. The van der Waals surface area contributed by atoms with Gasteiger partial charge in [-0.25, -0.2) is 4.39 Å². The lowest BCUT2D eigenvalue weighted by atomic mass is 10.2. The maximum atomic E-state index is 13.2. The number of thioether (sulfide) groups is 1. The largest absolute Gasteiger partial charge is 0.396 e. The molecule has 0 radical (unpaired) electrons. The first-order valence-electron chi connectivity index (χ1n) is 4.91. The fourth-order valence-corrected chi connectivity index (χ4v) is 1.69. The van der Waals surface area contributed by atoms with Crippen molar-refractivity contribution in [2.75, 3.05) is 19.4 Å². The van der Waals surface area contributed by atoms with Crippen LogP contribution in [0.25, 0.3) is 0 Å². The minimum atomic E-state index is -0.320. The van der Waals surface area contributed by atoms with E-state index in [-0.39, 0.29) is 18.3 Å². The van der Waals surface area contributed by atoms with Gasteiger partial charge in [0.1, 0.15) is 5.82 Å². The number of aliphatic hydroxyl groups excluding tert-OH is 1. The lowest BCUT2D eigenvalue weighted by Gasteiger charge is -2.06. The van der Waals surface area contributed by atoms with Crippen molar-refractivity contribution in [3.8, 4) is 0 Å². The third-order valence-electron chi connectivity index (χ3n) is 2.03. The van der Waals surface area contributed by atoms with Crippen LogP contribution in [0.4, 0.5) is 4.39 Å². The van der Waals surface area contributed by atoms with Gasteiger partial charge in [-0.15, -0.1) is 11.8 Å². The van der Waals surface area contributed by atoms with Gasteiger partial charge < -0.3 is 10.4 Å². The molecule has 0 atom stereocenters. The normalized spacial score (nSPS) is 10.2. The van der Waals surface area contributed by atoms with E-state index in [1.165, 1.54) is 30.0 Å². The Balaban J connectivity index is 2.68. The first-order chi connectivity index (χ1) is 7.69. The van der Waals surface area contributed by atoms with Crippen LogP contribution >= 0.6 is 11.8 Å². The highest BCUT2D eigenvalue weighted by atomic mass is 32.2. The van der Waals surface area contributed by atoms with E-state index in [0.29, 0.717) is 23.4 Å². The molecule has 88 valence electrons. The van der Waals surface area contributed by atoms with Crippen molar-refractivity contribution in [3.63, 3.8) is 0 Å². The van der Waals surface area contributed by atoms with Gasteiger partial charge in [-0.1, -0.05) is 0 Å². The summed E-state index contributed by atoms with van der Waals surface area (Å²) in [5.41, 5.74) is 0.434. The number of carbonyl (C=O) groups excluding carboxylic acids is 1. The molecule has 0 heterocycles. The van der Waals surface area contributed by atoms with E-state index in [1.807, 2.05) is 0 Å². The van der Waals surface area contributed by atoms with Crippen LogP contribution in [0.5, 0.6) is 0 Å². The molecule has 0 bridgehead atoms. The lowest BCUT2D eigenvalue weighted by molar-refractivity contribution is 0.0951. The second-order valence-electron chi connectivity index (χ2n) is 3.18. The van der Waals surface area contributed by atoms with E-state index in [1.54, 1.807) is 6.26 Å². The highest BCUT2D eigenvalue weighted by Crippen LogP contribution is 2.20. The second-order valence-corrected chi connectivity index (χ2v) is 4.03. The van der Waals surface area contributed by atoms with Gasteiger partial charge in [-0.05, 0) is 30.9 Å². The standard InChI is InChI=1S/C11H14FNO2S/c1-16-10-7-8(3-4-9(10)12)11(15)13-5-2-6-14/h3-4,7,14H,2,5-6H2,1H3,(H,13,15). The number of nitrogens with one attached hydrogen (secondary N) is 1. The van der Waals surface area contributed by atoms with Crippen molar-refractivity contribution >= 4 is 17.7 Å². The van der Waals surface area contributed by atoms with Crippen LogP contribution in [-0.4, -0.2) is 30.4 Å². The van der Waals surface area contributed by atoms with Crippen LogP contribution in [0.2, 0.25) is 0 Å². The molecular formula is C11H14FNO2S. The smallest absolute Gasteiger partial charge is 0.251 e. The molecule has 5 heteroatoms. The highest BCUT2D eigenvalue weighted by Gasteiger charge is 2.08. The molecule has 0 aliphatic heterocycles. The summed E-state index contributed by atoms with van der Waals surface area (Å²) in [5.74, 6) is -0.567. The quantitative estimate of drug-likeness (QED) is 0.611. The summed E-state index contributed by atoms with van der Waals surface area (Å²) in [7, 11) is 0. The van der Waals surface area contributed by atoms with E-state index in [4.69, 9.17) is 5.11 Å². The summed E-state index contributed by atoms with van der Waals surface area (Å²) in [6.45, 7) is 0.459. The molecule has 0 fully saturated rings. The maximum absolute atomic E-state index is 13.2. The number of aliphatic hydroxyl groups is 1. The monoisotopic (exact) mass is 243 g/mol. The van der Waals surface area contributed by atoms with Crippen LogP contribution in [-0.2, 0) is 0 Å². The maximum Gasteiger partial charge on any atom is 0.251 e. The first kappa shape index (κ1) is 13.0. The van der Waals surface area contributed by atoms with Gasteiger partial charge in [-0.2, -0.15) is 0 Å². The highest BCUT2D eigenvalue weighted by molar-refractivity contribution is 7.98. The van der Waals surface area contributed by atoms with E-state index >= 15 is 0 Å². The van der Waals surface area contributed by atoms with Crippen molar-refractivity contribution in [3.05, 3.63) is 29.6 Å². The summed E-state index contributed by atoms with van der Waals surface area (Å²) in [4.78, 5) is 12.0. The molecule has 0 saturated heterocycles. The Morgan fingerprint density at radius 3 is 2.94 bits per heavy atom. The van der Waals surface area contributed by atoms with Crippen molar-refractivity contribution in [1.82, 2.24) is 5.32 Å². The van der Waals surface area contributed by atoms with E-state index < -0.39 is 0 Å². The number of rotatable bonds is 5. The number of hydrogen-bond acceptors (Lipinski definition) is 3. The zero-order chi connectivity index (χ0) is 12.0. The van der Waals surface area contributed by atoms with Gasteiger partial charge in [0, 0.05) is 23.6 Å². The molecule has 0 aliphatic carbocycles. The van der Waals surface area contributed by atoms with Gasteiger partial charge >= 0.3 is 0 Å². The van der Waals surface area contributed by atoms with Crippen molar-refractivity contribution in [1.29, 1.82) is 0 Å². The Hall–Kier alpha value is -1.07. The van der Waals surface area contributed by atoms with Gasteiger partial charge in [0.25, 0.3) is 5.91 Å². The Kier molecular flexibility index (Phi) is 5.28. The third kappa shape index (κ3) is 3.50. The minimum absolute atomic E-state index is 0.0414. The molecular weight excluding hydrogens is 229 g/mol. The van der Waals surface area contributed by atoms with Crippen molar-refractivity contribution in [2.45, 2.75) is 11.3 Å². The number of hydrogen-bond donors (Lipinski definition) is 2. The SMILES string of the molecule is CSc1cc(C(=O)NCCCO)ccc1F. The van der Waals surface area contributed by atoms with Crippen molar-refractivity contribution in [2.24, 2.45) is 0 Å². The molecule has 0 aliphatic rings. The Morgan fingerprint density at radius 2 is 2.31 bits per heavy atom. The molecule has 2 N–H and O–H groups in total. The zero-order valence-corrected chi connectivity index (χ0v) is 9.81. The zero-order valence-electron chi connectivity index (χ0n) is 9.00. The van der Waals surface area contributed by atoms with Crippen LogP contribution < -0.4 is 5.32 Å². The van der Waals surface area contributed by atoms with E-state index in [0.717, 1.165) is 0 Å². The van der Waals surface area contributed by atoms with Gasteiger partial charge in [-0.3, -0.25) is 4.79 Å². The molecule has 0 spiro atoms. The summed E-state index contributed by atoms with van der Waals surface area (Å²) in [5, 5.41) is 11.2. The van der Waals surface area contributed by atoms with Gasteiger partial charge in [0.15, 0.2) is 0 Å².